The maximum atomic E-state index is 2.78. The summed E-state index contributed by atoms with van der Waals surface area (Å²) in [5.74, 6) is 7.63. The van der Waals surface area contributed by atoms with E-state index in [0.29, 0.717) is 16.2 Å². The van der Waals surface area contributed by atoms with Crippen LogP contribution in [-0.4, -0.2) is 0 Å². The van der Waals surface area contributed by atoms with E-state index in [9.17, 15) is 0 Å². The fourth-order valence-corrected chi connectivity index (χ4v) is 10.2. The van der Waals surface area contributed by atoms with E-state index in [1.807, 2.05) is 0 Å². The van der Waals surface area contributed by atoms with E-state index in [0.717, 1.165) is 47.3 Å². The second kappa shape index (κ2) is 8.09. The van der Waals surface area contributed by atoms with Gasteiger partial charge in [0.2, 0.25) is 0 Å². The van der Waals surface area contributed by atoms with Crippen LogP contribution < -0.4 is 0 Å². The monoisotopic (exact) mass is 414 g/mol. The Morgan fingerprint density at radius 1 is 0.700 bits per heavy atom. The van der Waals surface area contributed by atoms with Crippen molar-refractivity contribution in [2.75, 3.05) is 0 Å². The number of fused-ring (bicyclic) bond motifs is 5. The largest absolute Gasteiger partial charge is 0.0625 e. The first kappa shape index (κ1) is 23.2. The van der Waals surface area contributed by atoms with Gasteiger partial charge >= 0.3 is 0 Å². The molecule has 0 spiro atoms. The summed E-state index contributed by atoms with van der Waals surface area (Å²) in [6, 6.07) is 0. The molecule has 0 heteroatoms. The molecule has 10 atom stereocenters. The summed E-state index contributed by atoms with van der Waals surface area (Å²) in [6.07, 6.45) is 16.6. The first-order chi connectivity index (χ1) is 14.0. The Bertz CT molecular complexity index is 605. The fraction of sp³-hybridized carbons (Fsp3) is 1.00. The molecule has 0 bridgehead atoms. The molecule has 0 aromatic rings. The zero-order chi connectivity index (χ0) is 21.9. The molecule has 4 fully saturated rings. The van der Waals surface area contributed by atoms with Crippen molar-refractivity contribution in [3.63, 3.8) is 0 Å². The molecule has 30 heavy (non-hydrogen) atoms. The van der Waals surface area contributed by atoms with Crippen LogP contribution in [0.3, 0.4) is 0 Å². The molecule has 0 aromatic carbocycles. The fourth-order valence-electron chi connectivity index (χ4n) is 10.2. The number of hydrogen-bond donors (Lipinski definition) is 0. The van der Waals surface area contributed by atoms with Gasteiger partial charge in [0.15, 0.2) is 0 Å². The van der Waals surface area contributed by atoms with E-state index in [2.05, 4.69) is 55.4 Å². The summed E-state index contributed by atoms with van der Waals surface area (Å²) in [6.45, 7) is 20.8. The summed E-state index contributed by atoms with van der Waals surface area (Å²) in [4.78, 5) is 0. The molecule has 4 saturated carbocycles. The lowest BCUT2D eigenvalue weighted by Gasteiger charge is -2.65. The van der Waals surface area contributed by atoms with Crippen LogP contribution >= 0.6 is 0 Å². The minimum Gasteiger partial charge on any atom is -0.0625 e. The van der Waals surface area contributed by atoms with Gasteiger partial charge in [-0.2, -0.15) is 0 Å². The van der Waals surface area contributed by atoms with Gasteiger partial charge in [-0.15, -0.1) is 0 Å². The summed E-state index contributed by atoms with van der Waals surface area (Å²) in [7, 11) is 0. The molecule has 0 nitrogen and oxygen atoms in total. The van der Waals surface area contributed by atoms with E-state index in [1.165, 1.54) is 57.8 Å². The molecule has 0 radical (unpaired) electrons. The molecule has 0 aromatic heterocycles. The van der Waals surface area contributed by atoms with Gasteiger partial charge in [-0.05, 0) is 109 Å². The Morgan fingerprint density at radius 2 is 1.37 bits per heavy atom. The quantitative estimate of drug-likeness (QED) is 0.420. The molecule has 4 aliphatic carbocycles. The third-order valence-electron chi connectivity index (χ3n) is 12.8. The highest BCUT2D eigenvalue weighted by atomic mass is 14.7. The first-order valence-corrected chi connectivity index (χ1v) is 14.0. The van der Waals surface area contributed by atoms with Crippen molar-refractivity contribution in [1.82, 2.24) is 0 Å². The van der Waals surface area contributed by atoms with Crippen LogP contribution in [0.15, 0.2) is 0 Å². The minimum atomic E-state index is 0.595. The molecular formula is C30H54. The molecule has 4 rings (SSSR count). The molecule has 174 valence electrons. The third-order valence-corrected chi connectivity index (χ3v) is 12.8. The summed E-state index contributed by atoms with van der Waals surface area (Å²) in [5, 5.41) is 0. The van der Waals surface area contributed by atoms with Crippen molar-refractivity contribution in [3.05, 3.63) is 0 Å². The van der Waals surface area contributed by atoms with Crippen molar-refractivity contribution in [2.45, 2.75) is 126 Å². The van der Waals surface area contributed by atoms with Crippen LogP contribution in [0.5, 0.6) is 0 Å². The second-order valence-electron chi connectivity index (χ2n) is 14.1. The molecule has 0 amide bonds. The van der Waals surface area contributed by atoms with Crippen LogP contribution in [0.1, 0.15) is 126 Å². The predicted molar refractivity (Wildman–Crippen MR) is 131 cm³/mol. The lowest BCUT2D eigenvalue weighted by atomic mass is 9.39. The third kappa shape index (κ3) is 3.36. The first-order valence-electron chi connectivity index (χ1n) is 14.0. The Kier molecular flexibility index (Phi) is 6.25. The highest BCUT2D eigenvalue weighted by molar-refractivity contribution is 5.14. The maximum Gasteiger partial charge on any atom is -0.0238 e. The van der Waals surface area contributed by atoms with Crippen LogP contribution in [0.25, 0.3) is 0 Å². The van der Waals surface area contributed by atoms with Crippen molar-refractivity contribution < 1.29 is 0 Å². The summed E-state index contributed by atoms with van der Waals surface area (Å²) < 4.78 is 0. The van der Waals surface area contributed by atoms with Crippen LogP contribution in [0, 0.1) is 63.6 Å². The van der Waals surface area contributed by atoms with Crippen LogP contribution in [0.2, 0.25) is 0 Å². The van der Waals surface area contributed by atoms with Gasteiger partial charge in [0.1, 0.15) is 0 Å². The molecule has 4 aliphatic rings. The molecule has 0 aliphatic heterocycles. The Balaban J connectivity index is 1.53. The number of rotatable bonds is 5. The van der Waals surface area contributed by atoms with Gasteiger partial charge in [0, 0.05) is 0 Å². The maximum absolute atomic E-state index is 2.78. The van der Waals surface area contributed by atoms with Crippen molar-refractivity contribution in [3.8, 4) is 0 Å². The zero-order valence-electron chi connectivity index (χ0n) is 21.9. The van der Waals surface area contributed by atoms with E-state index in [4.69, 9.17) is 0 Å². The van der Waals surface area contributed by atoms with Crippen molar-refractivity contribution in [2.24, 2.45) is 63.6 Å². The van der Waals surface area contributed by atoms with E-state index in [-0.39, 0.29) is 0 Å². The zero-order valence-corrected chi connectivity index (χ0v) is 21.9. The Morgan fingerprint density at radius 3 is 2.07 bits per heavy atom. The highest BCUT2D eigenvalue weighted by Crippen LogP contribution is 2.73. The summed E-state index contributed by atoms with van der Waals surface area (Å²) in [5.41, 5.74) is 1.85. The van der Waals surface area contributed by atoms with E-state index in [1.54, 1.807) is 12.8 Å². The van der Waals surface area contributed by atoms with Crippen LogP contribution in [-0.2, 0) is 0 Å². The smallest absolute Gasteiger partial charge is 0.0238 e. The van der Waals surface area contributed by atoms with E-state index >= 15 is 0 Å². The van der Waals surface area contributed by atoms with Gasteiger partial charge in [-0.25, -0.2) is 0 Å². The molecule has 0 heterocycles. The lowest BCUT2D eigenvalue weighted by molar-refractivity contribution is -0.165. The topological polar surface area (TPSA) is 0 Å². The summed E-state index contributed by atoms with van der Waals surface area (Å²) >= 11 is 0. The average Bonchev–Trinajstić information content (AvgIpc) is 2.97. The highest BCUT2D eigenvalue weighted by Gasteiger charge is 2.65. The van der Waals surface area contributed by atoms with Crippen molar-refractivity contribution >= 4 is 0 Å². The SMILES string of the molecule is CC(C)C(C)CC[C@@H](C)[C@H]1CCC2(C)C3CC[C@H]4C(C)CCC[C@]4(C)C3CC[C@]12C. The van der Waals surface area contributed by atoms with Gasteiger partial charge in [0.25, 0.3) is 0 Å². The lowest BCUT2D eigenvalue weighted by Crippen LogP contribution is -2.58. The Labute approximate surface area is 189 Å². The van der Waals surface area contributed by atoms with Gasteiger partial charge in [-0.1, -0.05) is 81.1 Å². The number of hydrogen-bond acceptors (Lipinski definition) is 0. The molecular weight excluding hydrogens is 360 g/mol. The van der Waals surface area contributed by atoms with Crippen LogP contribution in [0.4, 0.5) is 0 Å². The molecule has 5 unspecified atom stereocenters. The Hall–Kier alpha value is 0. The molecule has 0 saturated heterocycles. The van der Waals surface area contributed by atoms with Gasteiger partial charge in [-0.3, -0.25) is 0 Å². The predicted octanol–water partition coefficient (Wildman–Crippen LogP) is 9.38. The van der Waals surface area contributed by atoms with Gasteiger partial charge in [0.05, 0.1) is 0 Å². The van der Waals surface area contributed by atoms with Gasteiger partial charge < -0.3 is 0 Å². The second-order valence-corrected chi connectivity index (χ2v) is 14.1. The van der Waals surface area contributed by atoms with Crippen molar-refractivity contribution in [1.29, 1.82) is 0 Å². The standard InChI is InChI=1S/C30H54/c1-20(2)21(3)11-12-23(5)25-15-18-30(8)27-14-13-24-22(4)10-9-17-28(24,6)26(27)16-19-29(25,30)7/h20-27H,9-19H2,1-8H3/t21?,22?,23-,24+,25-,26?,27?,28+,29-,30?/m1/s1. The van der Waals surface area contributed by atoms with E-state index < -0.39 is 0 Å². The molecule has 0 N–H and O–H groups in total. The normalized spacial score (nSPS) is 50.5. The minimum absolute atomic E-state index is 0.595. The average molecular weight is 415 g/mol.